The number of aromatic nitrogens is 2. The predicted octanol–water partition coefficient (Wildman–Crippen LogP) is 1.06. The van der Waals surface area contributed by atoms with Gasteiger partial charge in [0.15, 0.2) is 0 Å². The Morgan fingerprint density at radius 2 is 2.62 bits per heavy atom. The van der Waals surface area contributed by atoms with Gasteiger partial charge in [-0.15, -0.1) is 10.2 Å². The van der Waals surface area contributed by atoms with Crippen molar-refractivity contribution in [2.75, 3.05) is 11.9 Å². The van der Waals surface area contributed by atoms with Crippen molar-refractivity contribution in [2.45, 2.75) is 13.3 Å². The van der Waals surface area contributed by atoms with Crippen LogP contribution in [-0.2, 0) is 4.79 Å². The first-order valence-corrected chi connectivity index (χ1v) is 4.84. The van der Waals surface area contributed by atoms with Crippen LogP contribution in [0, 0.1) is 5.92 Å². The molecule has 0 aliphatic carbocycles. The monoisotopic (exact) mass is 201 g/mol. The smallest absolute Gasteiger partial charge is 0.308 e. The van der Waals surface area contributed by atoms with E-state index in [-0.39, 0.29) is 5.92 Å². The second-order valence-corrected chi connectivity index (χ2v) is 3.40. The molecule has 72 valence electrons. The van der Waals surface area contributed by atoms with Crippen LogP contribution in [0.1, 0.15) is 13.3 Å². The van der Waals surface area contributed by atoms with Gasteiger partial charge < -0.3 is 10.4 Å². The quantitative estimate of drug-likeness (QED) is 0.745. The summed E-state index contributed by atoms with van der Waals surface area (Å²) in [5, 5.41) is 19.7. The first kappa shape index (κ1) is 9.91. The first-order valence-electron chi connectivity index (χ1n) is 3.97. The molecule has 2 N–H and O–H groups in total. The molecule has 1 rings (SSSR count). The largest absolute Gasteiger partial charge is 0.481 e. The van der Waals surface area contributed by atoms with Crippen LogP contribution in [0.25, 0.3) is 0 Å². The Kier molecular flexibility index (Phi) is 3.63. The van der Waals surface area contributed by atoms with Gasteiger partial charge in [0.1, 0.15) is 5.51 Å². The number of nitrogens with zero attached hydrogens (tertiary/aromatic N) is 2. The third-order valence-electron chi connectivity index (χ3n) is 1.70. The van der Waals surface area contributed by atoms with E-state index in [9.17, 15) is 4.79 Å². The van der Waals surface area contributed by atoms with Crippen molar-refractivity contribution in [1.29, 1.82) is 0 Å². The molecule has 0 radical (unpaired) electrons. The molecule has 1 aromatic heterocycles. The van der Waals surface area contributed by atoms with Crippen molar-refractivity contribution in [3.05, 3.63) is 5.51 Å². The summed E-state index contributed by atoms with van der Waals surface area (Å²) in [6.07, 6.45) is 0.612. The summed E-state index contributed by atoms with van der Waals surface area (Å²) < 4.78 is 0. The van der Waals surface area contributed by atoms with E-state index in [0.717, 1.165) is 0 Å². The molecule has 0 amide bonds. The van der Waals surface area contributed by atoms with E-state index in [0.29, 0.717) is 18.1 Å². The number of carboxylic acid groups (broad SMARTS) is 1. The highest BCUT2D eigenvalue weighted by atomic mass is 32.1. The van der Waals surface area contributed by atoms with Gasteiger partial charge in [0.2, 0.25) is 5.13 Å². The minimum atomic E-state index is -0.778. The van der Waals surface area contributed by atoms with E-state index in [4.69, 9.17) is 5.11 Å². The molecule has 0 aliphatic heterocycles. The van der Waals surface area contributed by atoms with E-state index in [1.165, 1.54) is 11.3 Å². The molecule has 0 saturated heterocycles. The van der Waals surface area contributed by atoms with Crippen molar-refractivity contribution >= 4 is 22.4 Å². The number of carboxylic acids is 1. The maximum absolute atomic E-state index is 10.6. The second kappa shape index (κ2) is 4.76. The van der Waals surface area contributed by atoms with Gasteiger partial charge in [-0.3, -0.25) is 4.79 Å². The molecule has 0 fully saturated rings. The Morgan fingerprint density at radius 3 is 3.08 bits per heavy atom. The molecule has 13 heavy (non-hydrogen) atoms. The zero-order valence-electron chi connectivity index (χ0n) is 7.23. The summed E-state index contributed by atoms with van der Waals surface area (Å²) in [4.78, 5) is 10.6. The molecule has 0 aromatic carbocycles. The third-order valence-corrected chi connectivity index (χ3v) is 2.35. The minimum absolute atomic E-state index is 0.358. The van der Waals surface area contributed by atoms with Crippen LogP contribution in [-0.4, -0.2) is 27.8 Å². The first-order chi connectivity index (χ1) is 6.24. The average molecular weight is 201 g/mol. The molecule has 0 aliphatic rings. The van der Waals surface area contributed by atoms with Crippen LogP contribution < -0.4 is 5.32 Å². The van der Waals surface area contributed by atoms with E-state index >= 15 is 0 Å². The molecule has 5 nitrogen and oxygen atoms in total. The Labute approximate surface area is 79.8 Å². The molecule has 1 heterocycles. The fraction of sp³-hybridized carbons (Fsp3) is 0.571. The summed E-state index contributed by atoms with van der Waals surface area (Å²) >= 11 is 1.36. The minimum Gasteiger partial charge on any atom is -0.481 e. The highest BCUT2D eigenvalue weighted by Crippen LogP contribution is 2.10. The summed E-state index contributed by atoms with van der Waals surface area (Å²) in [6.45, 7) is 2.25. The zero-order valence-corrected chi connectivity index (χ0v) is 8.04. The SMILES string of the molecule is CCC(CNc1nncs1)C(=O)O. The van der Waals surface area contributed by atoms with E-state index < -0.39 is 5.97 Å². The number of carbonyl (C=O) groups is 1. The van der Waals surface area contributed by atoms with Gasteiger partial charge >= 0.3 is 5.97 Å². The Balaban J connectivity index is 2.36. The highest BCUT2D eigenvalue weighted by molar-refractivity contribution is 7.13. The van der Waals surface area contributed by atoms with Crippen molar-refractivity contribution in [3.63, 3.8) is 0 Å². The normalized spacial score (nSPS) is 12.4. The lowest BCUT2D eigenvalue weighted by atomic mass is 10.1. The van der Waals surface area contributed by atoms with Crippen molar-refractivity contribution < 1.29 is 9.90 Å². The molecule has 1 unspecified atom stereocenters. The number of nitrogens with one attached hydrogen (secondary N) is 1. The van der Waals surface area contributed by atoms with Crippen LogP contribution in [0.4, 0.5) is 5.13 Å². The third kappa shape index (κ3) is 2.98. The van der Waals surface area contributed by atoms with Crippen LogP contribution in [0.5, 0.6) is 0 Å². The molecule has 0 saturated carbocycles. The average Bonchev–Trinajstić information content (AvgIpc) is 2.57. The van der Waals surface area contributed by atoms with Gasteiger partial charge in [0.25, 0.3) is 0 Å². The second-order valence-electron chi connectivity index (χ2n) is 2.57. The van der Waals surface area contributed by atoms with Gasteiger partial charge in [-0.05, 0) is 6.42 Å². The Hall–Kier alpha value is -1.17. The standard InChI is InChI=1S/C7H11N3O2S/c1-2-5(6(11)12)3-8-7-10-9-4-13-7/h4-5H,2-3H2,1H3,(H,8,10)(H,11,12). The topological polar surface area (TPSA) is 75.1 Å². The summed E-state index contributed by atoms with van der Waals surface area (Å²) in [6, 6.07) is 0. The van der Waals surface area contributed by atoms with Crippen LogP contribution in [0.2, 0.25) is 0 Å². The molecule has 6 heteroatoms. The number of hydrogen-bond acceptors (Lipinski definition) is 5. The van der Waals surface area contributed by atoms with E-state index in [1.54, 1.807) is 5.51 Å². The van der Waals surface area contributed by atoms with Crippen molar-refractivity contribution in [2.24, 2.45) is 5.92 Å². The predicted molar refractivity (Wildman–Crippen MR) is 49.8 cm³/mol. The fourth-order valence-corrected chi connectivity index (χ4v) is 1.32. The lowest BCUT2D eigenvalue weighted by Crippen LogP contribution is -2.21. The van der Waals surface area contributed by atoms with E-state index in [2.05, 4.69) is 15.5 Å². The van der Waals surface area contributed by atoms with Gasteiger partial charge in [0, 0.05) is 6.54 Å². The maximum atomic E-state index is 10.6. The summed E-state index contributed by atoms with van der Waals surface area (Å²) in [5.41, 5.74) is 1.60. The number of hydrogen-bond donors (Lipinski definition) is 2. The summed E-state index contributed by atoms with van der Waals surface area (Å²) in [7, 11) is 0. The van der Waals surface area contributed by atoms with Crippen LogP contribution in [0.15, 0.2) is 5.51 Å². The molecular formula is C7H11N3O2S. The van der Waals surface area contributed by atoms with E-state index in [1.807, 2.05) is 6.92 Å². The van der Waals surface area contributed by atoms with Crippen molar-refractivity contribution in [3.8, 4) is 0 Å². The summed E-state index contributed by atoms with van der Waals surface area (Å²) in [5.74, 6) is -1.14. The number of anilines is 1. The molecule has 1 aromatic rings. The van der Waals surface area contributed by atoms with Crippen LogP contribution in [0.3, 0.4) is 0 Å². The Bertz CT molecular complexity index is 263. The highest BCUT2D eigenvalue weighted by Gasteiger charge is 2.14. The van der Waals surface area contributed by atoms with Gasteiger partial charge in [-0.1, -0.05) is 18.3 Å². The molecule has 1 atom stereocenters. The zero-order chi connectivity index (χ0) is 9.68. The lowest BCUT2D eigenvalue weighted by Gasteiger charge is -2.08. The molecule has 0 bridgehead atoms. The van der Waals surface area contributed by atoms with Gasteiger partial charge in [-0.2, -0.15) is 0 Å². The van der Waals surface area contributed by atoms with Crippen molar-refractivity contribution in [1.82, 2.24) is 10.2 Å². The number of rotatable bonds is 5. The van der Waals surface area contributed by atoms with Crippen LogP contribution >= 0.6 is 11.3 Å². The Morgan fingerprint density at radius 1 is 1.85 bits per heavy atom. The number of aliphatic carboxylic acids is 1. The molecular weight excluding hydrogens is 190 g/mol. The maximum Gasteiger partial charge on any atom is 0.308 e. The lowest BCUT2D eigenvalue weighted by molar-refractivity contribution is -0.141. The fourth-order valence-electron chi connectivity index (χ4n) is 0.867. The van der Waals surface area contributed by atoms with Gasteiger partial charge in [0.05, 0.1) is 5.92 Å². The molecule has 0 spiro atoms. The van der Waals surface area contributed by atoms with Gasteiger partial charge in [-0.25, -0.2) is 0 Å².